The van der Waals surface area contributed by atoms with E-state index in [2.05, 4.69) is 27.6 Å². The summed E-state index contributed by atoms with van der Waals surface area (Å²) in [5, 5.41) is 7.44. The van der Waals surface area contributed by atoms with Crippen LogP contribution in [0.25, 0.3) is 11.3 Å². The summed E-state index contributed by atoms with van der Waals surface area (Å²) in [4.78, 5) is 4.24. The van der Waals surface area contributed by atoms with Gasteiger partial charge in [0.1, 0.15) is 12.4 Å². The number of hydrogen-bond acceptors (Lipinski definition) is 6. The second kappa shape index (κ2) is 8.79. The lowest BCUT2D eigenvalue weighted by atomic mass is 10.1. The Bertz CT molecular complexity index is 847. The molecule has 1 fully saturated rings. The maximum Gasteiger partial charge on any atom is 0.168 e. The molecule has 0 radical (unpaired) electrons. The highest BCUT2D eigenvalue weighted by Gasteiger charge is 2.17. The van der Waals surface area contributed by atoms with Crippen LogP contribution in [-0.4, -0.2) is 35.9 Å². The van der Waals surface area contributed by atoms with Gasteiger partial charge in [0.05, 0.1) is 25.1 Å². The van der Waals surface area contributed by atoms with E-state index in [9.17, 15) is 0 Å². The Labute approximate surface area is 158 Å². The van der Waals surface area contributed by atoms with Gasteiger partial charge in [0.15, 0.2) is 5.76 Å². The summed E-state index contributed by atoms with van der Waals surface area (Å²) in [6.45, 7) is 2.93. The van der Waals surface area contributed by atoms with Crippen LogP contribution >= 0.6 is 0 Å². The Morgan fingerprint density at radius 2 is 2.04 bits per heavy atom. The second-order valence-corrected chi connectivity index (χ2v) is 6.63. The quantitative estimate of drug-likeness (QED) is 0.587. The minimum atomic E-state index is 0.446. The van der Waals surface area contributed by atoms with E-state index in [1.54, 1.807) is 12.4 Å². The number of ether oxygens (including phenoxy) is 2. The maximum atomic E-state index is 5.79. The number of aromatic nitrogens is 2. The molecule has 6 heteroatoms. The van der Waals surface area contributed by atoms with Crippen LogP contribution in [0.3, 0.4) is 0 Å². The minimum absolute atomic E-state index is 0.446. The van der Waals surface area contributed by atoms with E-state index in [0.29, 0.717) is 38.0 Å². The van der Waals surface area contributed by atoms with Crippen LogP contribution in [0.4, 0.5) is 0 Å². The van der Waals surface area contributed by atoms with Crippen molar-refractivity contribution >= 4 is 0 Å². The molecule has 2 aromatic heterocycles. The summed E-state index contributed by atoms with van der Waals surface area (Å²) in [5.41, 5.74) is 2.89. The molecule has 6 nitrogen and oxygen atoms in total. The van der Waals surface area contributed by atoms with Crippen molar-refractivity contribution in [1.29, 1.82) is 0 Å². The van der Waals surface area contributed by atoms with Crippen molar-refractivity contribution in [1.82, 2.24) is 15.5 Å². The van der Waals surface area contributed by atoms with Crippen molar-refractivity contribution in [3.8, 4) is 17.1 Å². The van der Waals surface area contributed by atoms with Crippen molar-refractivity contribution in [2.75, 3.05) is 19.8 Å². The summed E-state index contributed by atoms with van der Waals surface area (Å²) in [6, 6.07) is 14.4. The molecule has 1 saturated heterocycles. The molecule has 1 atom stereocenters. The predicted octanol–water partition coefficient (Wildman–Crippen LogP) is 3.24. The van der Waals surface area contributed by atoms with Crippen molar-refractivity contribution in [3.63, 3.8) is 0 Å². The van der Waals surface area contributed by atoms with Crippen LogP contribution < -0.4 is 10.1 Å². The van der Waals surface area contributed by atoms with Crippen molar-refractivity contribution in [2.45, 2.75) is 25.5 Å². The molecule has 1 aliphatic rings. The van der Waals surface area contributed by atoms with E-state index in [-0.39, 0.29) is 0 Å². The predicted molar refractivity (Wildman–Crippen MR) is 101 cm³/mol. The summed E-state index contributed by atoms with van der Waals surface area (Å²) in [5.74, 6) is 1.43. The third-order valence-electron chi connectivity index (χ3n) is 4.55. The highest BCUT2D eigenvalue weighted by Crippen LogP contribution is 2.24. The number of benzene rings is 1. The van der Waals surface area contributed by atoms with Gasteiger partial charge in [-0.2, -0.15) is 0 Å². The number of pyridine rings is 1. The van der Waals surface area contributed by atoms with Gasteiger partial charge in [0.2, 0.25) is 0 Å². The van der Waals surface area contributed by atoms with Gasteiger partial charge < -0.3 is 19.3 Å². The van der Waals surface area contributed by atoms with Crippen molar-refractivity contribution in [2.24, 2.45) is 0 Å². The molecule has 1 aromatic carbocycles. The Balaban J connectivity index is 1.28. The zero-order valence-electron chi connectivity index (χ0n) is 15.1. The smallest absolute Gasteiger partial charge is 0.168 e. The van der Waals surface area contributed by atoms with E-state index in [0.717, 1.165) is 30.0 Å². The Morgan fingerprint density at radius 3 is 2.85 bits per heavy atom. The average molecular weight is 365 g/mol. The first kappa shape index (κ1) is 17.7. The molecule has 3 heterocycles. The highest BCUT2D eigenvalue weighted by atomic mass is 16.5. The van der Waals surface area contributed by atoms with Crippen LogP contribution in [0.5, 0.6) is 5.75 Å². The summed E-state index contributed by atoms with van der Waals surface area (Å²) < 4.78 is 17.0. The van der Waals surface area contributed by atoms with Crippen LogP contribution in [0.1, 0.15) is 17.7 Å². The molecule has 3 aromatic rings. The number of hydrogen-bond donors (Lipinski definition) is 1. The van der Waals surface area contributed by atoms with Gasteiger partial charge in [-0.25, -0.2) is 0 Å². The van der Waals surface area contributed by atoms with Gasteiger partial charge in [0, 0.05) is 30.3 Å². The molecule has 0 saturated carbocycles. The largest absolute Gasteiger partial charge is 0.490 e. The average Bonchev–Trinajstić information content (AvgIpc) is 3.14. The lowest BCUT2D eigenvalue weighted by molar-refractivity contribution is 0.122. The van der Waals surface area contributed by atoms with Gasteiger partial charge in [-0.1, -0.05) is 35.5 Å². The molecular formula is C21H23N3O3. The Morgan fingerprint density at radius 1 is 1.15 bits per heavy atom. The molecule has 1 aliphatic heterocycles. The molecule has 0 spiro atoms. The molecule has 0 bridgehead atoms. The lowest BCUT2D eigenvalue weighted by Gasteiger charge is -2.27. The zero-order valence-corrected chi connectivity index (χ0v) is 15.1. The van der Waals surface area contributed by atoms with Crippen molar-refractivity contribution in [3.05, 3.63) is 66.1 Å². The third kappa shape index (κ3) is 4.93. The fourth-order valence-electron chi connectivity index (χ4n) is 2.83. The monoisotopic (exact) mass is 365 g/mol. The summed E-state index contributed by atoms with van der Waals surface area (Å²) >= 11 is 0. The molecule has 1 unspecified atom stereocenters. The van der Waals surface area contributed by atoms with Crippen LogP contribution in [0.2, 0.25) is 0 Å². The third-order valence-corrected chi connectivity index (χ3v) is 4.55. The number of rotatable bonds is 9. The molecular weight excluding hydrogens is 342 g/mol. The molecule has 1 N–H and O–H groups in total. The fourth-order valence-corrected chi connectivity index (χ4v) is 2.83. The van der Waals surface area contributed by atoms with Gasteiger partial charge in [-0.3, -0.25) is 4.98 Å². The van der Waals surface area contributed by atoms with Gasteiger partial charge in [-0.05, 0) is 24.6 Å². The van der Waals surface area contributed by atoms with E-state index in [1.165, 1.54) is 5.56 Å². The van der Waals surface area contributed by atoms with E-state index >= 15 is 0 Å². The topological polar surface area (TPSA) is 69.4 Å². The Hall–Kier alpha value is -2.70. The number of nitrogens with zero attached hydrogens (tertiary/aromatic N) is 2. The normalized spacial score (nSPS) is 16.1. The van der Waals surface area contributed by atoms with Crippen molar-refractivity contribution < 1.29 is 14.0 Å². The SMILES string of the molecule is c1ccc(COCCc2cc(-c3cncc(OCC4CCN4)c3)on2)cc1. The molecule has 140 valence electrons. The first-order valence-corrected chi connectivity index (χ1v) is 9.26. The van der Waals surface area contributed by atoms with Gasteiger partial charge >= 0.3 is 0 Å². The molecule has 0 amide bonds. The van der Waals surface area contributed by atoms with Gasteiger partial charge in [0.25, 0.3) is 0 Å². The molecule has 0 aliphatic carbocycles. The zero-order chi connectivity index (χ0) is 18.3. The van der Waals surface area contributed by atoms with Gasteiger partial charge in [-0.15, -0.1) is 0 Å². The summed E-state index contributed by atoms with van der Waals surface area (Å²) in [6.07, 6.45) is 5.33. The Kier molecular flexibility index (Phi) is 5.76. The number of nitrogens with one attached hydrogen (secondary N) is 1. The first-order chi connectivity index (χ1) is 13.4. The van der Waals surface area contributed by atoms with Crippen LogP contribution in [0.15, 0.2) is 59.4 Å². The summed E-state index contributed by atoms with van der Waals surface area (Å²) in [7, 11) is 0. The highest BCUT2D eigenvalue weighted by molar-refractivity contribution is 5.58. The molecule has 4 rings (SSSR count). The van der Waals surface area contributed by atoms with Crippen LogP contribution in [-0.2, 0) is 17.8 Å². The van der Waals surface area contributed by atoms with E-state index < -0.39 is 0 Å². The molecule has 27 heavy (non-hydrogen) atoms. The first-order valence-electron chi connectivity index (χ1n) is 9.26. The van der Waals surface area contributed by atoms with Crippen LogP contribution in [0, 0.1) is 0 Å². The van der Waals surface area contributed by atoms with E-state index in [4.69, 9.17) is 14.0 Å². The fraction of sp³-hybridized carbons (Fsp3) is 0.333. The lowest BCUT2D eigenvalue weighted by Crippen LogP contribution is -2.46. The van der Waals surface area contributed by atoms with E-state index in [1.807, 2.05) is 30.3 Å². The second-order valence-electron chi connectivity index (χ2n) is 6.63. The maximum absolute atomic E-state index is 5.79. The minimum Gasteiger partial charge on any atom is -0.490 e. The standard InChI is InChI=1S/C21H23N3O3/c1-2-4-16(5-3-1)14-25-9-7-18-11-21(27-24-18)17-10-20(13-22-12-17)26-15-19-6-8-23-19/h1-5,10-13,19,23H,6-9,14-15H2.